The number of amidine groups is 1. The van der Waals surface area contributed by atoms with Gasteiger partial charge in [0.05, 0.1) is 41.8 Å². The van der Waals surface area contributed by atoms with Gasteiger partial charge in [-0.05, 0) is 79.4 Å². The van der Waals surface area contributed by atoms with Gasteiger partial charge >= 0.3 is 0 Å². The number of carbonyl (C=O) groups is 4. The lowest BCUT2D eigenvalue weighted by Crippen LogP contribution is -2.54. The monoisotopic (exact) mass is 790 g/mol. The van der Waals surface area contributed by atoms with Gasteiger partial charge in [-0.1, -0.05) is 18.2 Å². The van der Waals surface area contributed by atoms with Crippen LogP contribution < -0.4 is 26.2 Å². The zero-order valence-corrected chi connectivity index (χ0v) is 32.1. The summed E-state index contributed by atoms with van der Waals surface area (Å²) >= 11 is 0. The maximum atomic E-state index is 13.9. The first kappa shape index (κ1) is 38.7. The van der Waals surface area contributed by atoms with Crippen LogP contribution in [0, 0.1) is 11.2 Å². The minimum absolute atomic E-state index is 0.000945. The van der Waals surface area contributed by atoms with Gasteiger partial charge in [-0.15, -0.1) is 0 Å². The van der Waals surface area contributed by atoms with Crippen molar-refractivity contribution in [3.05, 3.63) is 107 Å². The van der Waals surface area contributed by atoms with E-state index in [1.165, 1.54) is 6.07 Å². The predicted octanol–water partition coefficient (Wildman–Crippen LogP) is 3.06. The predicted molar refractivity (Wildman–Crippen MR) is 215 cm³/mol. The second-order valence-corrected chi connectivity index (χ2v) is 15.0. The van der Waals surface area contributed by atoms with E-state index in [0.717, 1.165) is 79.8 Å². The topological polar surface area (TPSA) is 175 Å². The number of piperidine rings is 1. The molecule has 0 spiro atoms. The van der Waals surface area contributed by atoms with E-state index in [9.17, 15) is 23.6 Å². The fourth-order valence-corrected chi connectivity index (χ4v) is 8.17. The summed E-state index contributed by atoms with van der Waals surface area (Å²) in [5, 5.41) is 21.0. The van der Waals surface area contributed by atoms with E-state index in [0.29, 0.717) is 31.3 Å². The van der Waals surface area contributed by atoms with Crippen molar-refractivity contribution in [3.63, 3.8) is 0 Å². The molecular formula is C42H47FN10O5. The van der Waals surface area contributed by atoms with Gasteiger partial charge in [-0.3, -0.25) is 39.7 Å². The summed E-state index contributed by atoms with van der Waals surface area (Å²) < 4.78 is 19.8. The number of likely N-dealkylation sites (tertiary alicyclic amines) is 1. The Hall–Kier alpha value is -6.13. The first-order valence-corrected chi connectivity index (χ1v) is 19.9. The van der Waals surface area contributed by atoms with Crippen LogP contribution in [0.15, 0.2) is 79.0 Å². The highest BCUT2D eigenvalue weighted by Gasteiger charge is 2.44. The molecule has 4 amide bonds. The molecule has 3 atom stereocenters. The van der Waals surface area contributed by atoms with Crippen LogP contribution in [0.2, 0.25) is 0 Å². The average Bonchev–Trinajstić information content (AvgIpc) is 3.98. The van der Waals surface area contributed by atoms with E-state index in [4.69, 9.17) is 15.1 Å². The van der Waals surface area contributed by atoms with Crippen LogP contribution >= 0.6 is 0 Å². The smallest absolute Gasteiger partial charge is 0.262 e. The molecule has 3 fully saturated rings. The standard InChI is InChI=1S/C42H47FN10O5/c43-28-5-1-4-27(24-28)34-7-3-16-52(34)36(44)12-13-37-46-26-33(47-37)32-6-2-8-38(48-32)51-19-17-50(18-20-51)21-23-58-22-15-45-29-9-10-30-31(25-29)42(57)53(41(30)56)35-11-14-39(54)49-40(35)55/h1-2,4-6,8-10,12-13,24-26,34-35,37,44-47H,3,7,11,14-23H2,(H,49,54,55)/b13-12-,44-36?. The third-order valence-electron chi connectivity index (χ3n) is 11.2. The van der Waals surface area contributed by atoms with E-state index in [2.05, 4.69) is 31.1 Å². The van der Waals surface area contributed by atoms with Gasteiger partial charge < -0.3 is 30.5 Å². The second kappa shape index (κ2) is 17.2. The number of piperazine rings is 1. The summed E-state index contributed by atoms with van der Waals surface area (Å²) in [5.74, 6) is -1.03. The van der Waals surface area contributed by atoms with E-state index >= 15 is 0 Å². The number of fused-ring (bicyclic) bond motifs is 1. The molecule has 0 radical (unpaired) electrons. The number of anilines is 2. The summed E-state index contributed by atoms with van der Waals surface area (Å²) in [6, 6.07) is 16.6. The number of aromatic nitrogens is 1. The molecule has 16 heteroatoms. The number of amides is 4. The fraction of sp³-hybridized carbons (Fsp3) is 0.381. The Morgan fingerprint density at radius 2 is 1.76 bits per heavy atom. The highest BCUT2D eigenvalue weighted by molar-refractivity contribution is 6.23. The summed E-state index contributed by atoms with van der Waals surface area (Å²) in [6.45, 7) is 6.53. The molecule has 5 aliphatic rings. The molecule has 6 heterocycles. The summed E-state index contributed by atoms with van der Waals surface area (Å²) in [5.41, 5.74) is 3.76. The largest absolute Gasteiger partial charge is 0.383 e. The Balaban J connectivity index is 0.737. The van der Waals surface area contributed by atoms with E-state index < -0.39 is 29.7 Å². The first-order chi connectivity index (χ1) is 28.2. The maximum Gasteiger partial charge on any atom is 0.262 e. The minimum Gasteiger partial charge on any atom is -0.383 e. The van der Waals surface area contributed by atoms with Crippen LogP contribution in [-0.2, 0) is 14.3 Å². The highest BCUT2D eigenvalue weighted by atomic mass is 19.1. The Morgan fingerprint density at radius 3 is 2.59 bits per heavy atom. The van der Waals surface area contributed by atoms with Gasteiger partial charge in [-0.2, -0.15) is 0 Å². The van der Waals surface area contributed by atoms with Crippen LogP contribution in [0.25, 0.3) is 5.70 Å². The van der Waals surface area contributed by atoms with Gasteiger partial charge in [0.15, 0.2) is 0 Å². The van der Waals surface area contributed by atoms with Crippen LogP contribution in [0.3, 0.4) is 0 Å². The molecular weight excluding hydrogens is 744 g/mol. The summed E-state index contributed by atoms with van der Waals surface area (Å²) in [7, 11) is 0. The van der Waals surface area contributed by atoms with Crippen molar-refractivity contribution in [3.8, 4) is 0 Å². The number of pyridine rings is 1. The molecule has 1 aromatic heterocycles. The number of benzene rings is 2. The molecule has 302 valence electrons. The zero-order valence-electron chi connectivity index (χ0n) is 32.1. The Kier molecular flexibility index (Phi) is 11.5. The van der Waals surface area contributed by atoms with E-state index in [-0.39, 0.29) is 42.0 Å². The number of hydrogen-bond donors (Lipinski definition) is 5. The molecule has 0 aliphatic carbocycles. The van der Waals surface area contributed by atoms with Crippen LogP contribution in [0.5, 0.6) is 0 Å². The van der Waals surface area contributed by atoms with Crippen LogP contribution in [-0.4, -0.2) is 120 Å². The number of halogens is 1. The van der Waals surface area contributed by atoms with E-state index in [1.54, 1.807) is 36.4 Å². The molecule has 58 heavy (non-hydrogen) atoms. The van der Waals surface area contributed by atoms with Crippen molar-refractivity contribution < 1.29 is 28.3 Å². The van der Waals surface area contributed by atoms with Gasteiger partial charge in [0.2, 0.25) is 11.8 Å². The minimum atomic E-state index is -0.992. The summed E-state index contributed by atoms with van der Waals surface area (Å²) in [6.07, 6.45) is 7.51. The molecule has 15 nitrogen and oxygen atoms in total. The number of hydrogen-bond acceptors (Lipinski definition) is 12. The number of rotatable bonds is 13. The number of nitrogens with one attached hydrogen (secondary N) is 5. The Morgan fingerprint density at radius 1 is 0.931 bits per heavy atom. The molecule has 3 unspecified atom stereocenters. The van der Waals surface area contributed by atoms with Crippen molar-refractivity contribution in [1.29, 1.82) is 5.41 Å². The number of carbonyl (C=O) groups excluding carboxylic acids is 4. The van der Waals surface area contributed by atoms with Crippen molar-refractivity contribution in [2.75, 3.05) is 69.2 Å². The first-order valence-electron chi connectivity index (χ1n) is 19.9. The molecule has 5 N–H and O–H groups in total. The molecule has 3 aromatic rings. The molecule has 0 saturated carbocycles. The second-order valence-electron chi connectivity index (χ2n) is 15.0. The summed E-state index contributed by atoms with van der Waals surface area (Å²) in [4.78, 5) is 62.5. The van der Waals surface area contributed by atoms with Crippen molar-refractivity contribution in [2.24, 2.45) is 0 Å². The highest BCUT2D eigenvalue weighted by Crippen LogP contribution is 2.33. The lowest BCUT2D eigenvalue weighted by Gasteiger charge is -2.35. The van der Waals surface area contributed by atoms with Gasteiger partial charge in [0, 0.05) is 64.1 Å². The lowest BCUT2D eigenvalue weighted by atomic mass is 10.0. The van der Waals surface area contributed by atoms with Crippen molar-refractivity contribution >= 4 is 46.7 Å². The molecule has 5 aliphatic heterocycles. The Labute approximate surface area is 335 Å². The average molecular weight is 791 g/mol. The third kappa shape index (κ3) is 8.43. The quantitative estimate of drug-likeness (QED) is 0.0743. The molecule has 3 saturated heterocycles. The van der Waals surface area contributed by atoms with Crippen molar-refractivity contribution in [2.45, 2.75) is 43.9 Å². The molecule has 8 rings (SSSR count). The lowest BCUT2D eigenvalue weighted by molar-refractivity contribution is -0.136. The van der Waals surface area contributed by atoms with Crippen LogP contribution in [0.1, 0.15) is 63.7 Å². The van der Waals surface area contributed by atoms with E-state index in [1.807, 2.05) is 41.4 Å². The molecule has 2 aromatic carbocycles. The normalized spacial score (nSPS) is 22.3. The van der Waals surface area contributed by atoms with Gasteiger partial charge in [0.1, 0.15) is 29.7 Å². The molecule has 0 bridgehead atoms. The fourth-order valence-electron chi connectivity index (χ4n) is 8.17. The maximum absolute atomic E-state index is 13.9. The van der Waals surface area contributed by atoms with Crippen LogP contribution in [0.4, 0.5) is 15.9 Å². The van der Waals surface area contributed by atoms with Crippen molar-refractivity contribution in [1.82, 2.24) is 35.6 Å². The Bertz CT molecular complexity index is 2150. The number of imide groups is 2. The van der Waals surface area contributed by atoms with Gasteiger partial charge in [-0.25, -0.2) is 9.37 Å². The third-order valence-corrected chi connectivity index (χ3v) is 11.2. The van der Waals surface area contributed by atoms with Gasteiger partial charge in [0.25, 0.3) is 11.8 Å². The SMILES string of the molecule is N=C(/C=C\C1NC=C(c2cccc(N3CCN(CCOCCNc4ccc5c(c4)C(=O)N(C4CCC(=O)NC4=O)C5=O)CC3)n2)N1)N1CCCC1c1cccc(F)c1. The zero-order chi connectivity index (χ0) is 40.2. The number of nitrogens with zero attached hydrogens (tertiary/aromatic N) is 5. The number of ether oxygens (including phenoxy) is 1.